The van der Waals surface area contributed by atoms with Crippen molar-refractivity contribution < 1.29 is 23.5 Å². The molecule has 1 fully saturated rings. The topological polar surface area (TPSA) is 80.6 Å². The maximum Gasteiger partial charge on any atom is 0.293 e. The van der Waals surface area contributed by atoms with Crippen LogP contribution in [-0.2, 0) is 16.1 Å². The molecule has 7 nitrogen and oxygen atoms in total. The van der Waals surface area contributed by atoms with E-state index in [1.807, 2.05) is 55.5 Å². The van der Waals surface area contributed by atoms with Crippen molar-refractivity contribution in [2.24, 2.45) is 0 Å². The fourth-order valence-corrected chi connectivity index (χ4v) is 4.99. The highest BCUT2D eigenvalue weighted by Gasteiger charge is 2.35. The first-order valence-corrected chi connectivity index (χ1v) is 12.8. The van der Waals surface area contributed by atoms with Gasteiger partial charge in [0.2, 0.25) is 5.91 Å². The number of imide groups is 1. The van der Waals surface area contributed by atoms with E-state index in [9.17, 15) is 18.8 Å². The highest BCUT2D eigenvalue weighted by atomic mass is 32.2. The second kappa shape index (κ2) is 10.9. The van der Waals surface area contributed by atoms with Crippen molar-refractivity contribution in [1.82, 2.24) is 9.47 Å². The summed E-state index contributed by atoms with van der Waals surface area (Å²) in [4.78, 5) is 39.7. The van der Waals surface area contributed by atoms with Crippen LogP contribution in [0.5, 0.6) is 5.75 Å². The highest BCUT2D eigenvalue weighted by Crippen LogP contribution is 2.34. The Bertz CT molecular complexity index is 1540. The average Bonchev–Trinajstić information content (AvgIpc) is 3.38. The van der Waals surface area contributed by atoms with Gasteiger partial charge in [-0.2, -0.15) is 0 Å². The first kappa shape index (κ1) is 25.3. The minimum Gasteiger partial charge on any atom is -0.492 e. The molecule has 0 spiro atoms. The molecular weight excluding hydrogens is 505 g/mol. The average molecular weight is 530 g/mol. The molecule has 1 N–H and O–H groups in total. The van der Waals surface area contributed by atoms with Crippen molar-refractivity contribution in [2.45, 2.75) is 13.5 Å². The van der Waals surface area contributed by atoms with Gasteiger partial charge in [0.15, 0.2) is 0 Å². The van der Waals surface area contributed by atoms with E-state index >= 15 is 0 Å². The van der Waals surface area contributed by atoms with Crippen LogP contribution in [0.3, 0.4) is 0 Å². The molecule has 0 unspecified atom stereocenters. The van der Waals surface area contributed by atoms with E-state index in [0.29, 0.717) is 16.3 Å². The van der Waals surface area contributed by atoms with Gasteiger partial charge in [0.25, 0.3) is 11.1 Å². The number of fused-ring (bicyclic) bond motifs is 1. The van der Waals surface area contributed by atoms with Gasteiger partial charge in [0.05, 0.1) is 11.4 Å². The van der Waals surface area contributed by atoms with Crippen LogP contribution in [0.15, 0.2) is 83.9 Å². The van der Waals surface area contributed by atoms with Gasteiger partial charge in [-0.15, -0.1) is 0 Å². The number of nitrogens with one attached hydrogen (secondary N) is 1. The van der Waals surface area contributed by atoms with Crippen molar-refractivity contribution in [3.63, 3.8) is 0 Å². The number of benzene rings is 3. The van der Waals surface area contributed by atoms with Crippen LogP contribution in [0.25, 0.3) is 17.0 Å². The van der Waals surface area contributed by atoms with Crippen molar-refractivity contribution >= 4 is 51.5 Å². The summed E-state index contributed by atoms with van der Waals surface area (Å²) in [7, 11) is 0. The molecule has 9 heteroatoms. The minimum atomic E-state index is -0.382. The highest BCUT2D eigenvalue weighted by molar-refractivity contribution is 8.18. The Morgan fingerprint density at radius 1 is 1.03 bits per heavy atom. The molecular formula is C29H24FN3O4S. The summed E-state index contributed by atoms with van der Waals surface area (Å²) in [6, 6.07) is 20.6. The first-order valence-electron chi connectivity index (χ1n) is 12.0. The van der Waals surface area contributed by atoms with E-state index in [1.54, 1.807) is 16.8 Å². The van der Waals surface area contributed by atoms with Gasteiger partial charge in [0, 0.05) is 28.4 Å². The summed E-state index contributed by atoms with van der Waals surface area (Å²) in [5, 5.41) is 3.25. The number of carbonyl (C=O) groups excluding carboxylic acids is 3. The normalized spacial score (nSPS) is 14.5. The lowest BCUT2D eigenvalue weighted by atomic mass is 10.1. The lowest BCUT2D eigenvalue weighted by Crippen LogP contribution is -2.32. The third-order valence-corrected chi connectivity index (χ3v) is 6.93. The summed E-state index contributed by atoms with van der Waals surface area (Å²) in [6.07, 6.45) is 3.46. The molecule has 3 aromatic carbocycles. The third kappa shape index (κ3) is 5.63. The maximum absolute atomic E-state index is 13.2. The lowest BCUT2D eigenvalue weighted by Gasteiger charge is -2.13. The standard InChI is InChI=1S/C29H24FN3O4S/c1-19-6-12-23(13-7-19)37-15-14-33-28(35)26(38-29(33)36)16-20-17-32(25-5-3-2-4-24(20)25)18-27(34)31-22-10-8-21(30)9-11-22/h2-13,16-17H,14-15,18H2,1H3,(H,31,34)/b26-16-. The van der Waals surface area contributed by atoms with Crippen LogP contribution in [0.2, 0.25) is 0 Å². The molecule has 1 aliphatic heterocycles. The van der Waals surface area contributed by atoms with Gasteiger partial charge in [-0.1, -0.05) is 35.9 Å². The molecule has 0 radical (unpaired) electrons. The molecule has 0 atom stereocenters. The Labute approximate surface area is 222 Å². The predicted molar refractivity (Wildman–Crippen MR) is 146 cm³/mol. The SMILES string of the molecule is Cc1ccc(OCCN2C(=O)S/C(=C\c3cn(CC(=O)Nc4ccc(F)cc4)c4ccccc34)C2=O)cc1. The first-order chi connectivity index (χ1) is 18.4. The summed E-state index contributed by atoms with van der Waals surface area (Å²) in [6.45, 7) is 2.33. The molecule has 38 heavy (non-hydrogen) atoms. The number of amides is 3. The number of ether oxygens (including phenoxy) is 1. The van der Waals surface area contributed by atoms with Gasteiger partial charge in [0.1, 0.15) is 24.7 Å². The van der Waals surface area contributed by atoms with Crippen LogP contribution in [0.1, 0.15) is 11.1 Å². The van der Waals surface area contributed by atoms with Crippen LogP contribution in [0, 0.1) is 12.7 Å². The van der Waals surface area contributed by atoms with Gasteiger partial charge >= 0.3 is 0 Å². The molecule has 0 aliphatic carbocycles. The van der Waals surface area contributed by atoms with E-state index in [-0.39, 0.29) is 42.6 Å². The summed E-state index contributed by atoms with van der Waals surface area (Å²) < 4.78 is 20.6. The number of aryl methyl sites for hydroxylation is 1. The number of para-hydroxylation sites is 1. The number of nitrogens with zero attached hydrogens (tertiary/aromatic N) is 2. The largest absolute Gasteiger partial charge is 0.492 e. The quantitative estimate of drug-likeness (QED) is 0.290. The van der Waals surface area contributed by atoms with Gasteiger partial charge in [-0.3, -0.25) is 19.3 Å². The maximum atomic E-state index is 13.2. The monoisotopic (exact) mass is 529 g/mol. The number of thioether (sulfide) groups is 1. The van der Waals surface area contributed by atoms with Gasteiger partial charge in [-0.25, -0.2) is 4.39 Å². The fraction of sp³-hybridized carbons (Fsp3) is 0.138. The number of halogens is 1. The van der Waals surface area contributed by atoms with Crippen molar-refractivity contribution in [1.29, 1.82) is 0 Å². The smallest absolute Gasteiger partial charge is 0.293 e. The molecule has 3 amide bonds. The molecule has 192 valence electrons. The Balaban J connectivity index is 1.30. The van der Waals surface area contributed by atoms with Crippen molar-refractivity contribution in [3.8, 4) is 5.75 Å². The van der Waals surface area contributed by atoms with Crippen LogP contribution < -0.4 is 10.1 Å². The van der Waals surface area contributed by atoms with Crippen molar-refractivity contribution in [2.75, 3.05) is 18.5 Å². The number of carbonyl (C=O) groups is 3. The second-order valence-corrected chi connectivity index (χ2v) is 9.77. The molecule has 1 aromatic heterocycles. The van der Waals surface area contributed by atoms with E-state index in [2.05, 4.69) is 5.32 Å². The zero-order valence-corrected chi connectivity index (χ0v) is 21.3. The summed E-state index contributed by atoms with van der Waals surface area (Å²) >= 11 is 0.883. The molecule has 4 aromatic rings. The number of hydrogen-bond donors (Lipinski definition) is 1. The van der Waals surface area contributed by atoms with Crippen LogP contribution in [0.4, 0.5) is 14.9 Å². The van der Waals surface area contributed by atoms with Crippen molar-refractivity contribution in [3.05, 3.63) is 101 Å². The molecule has 5 rings (SSSR count). The predicted octanol–water partition coefficient (Wildman–Crippen LogP) is 5.84. The van der Waals surface area contributed by atoms with Gasteiger partial charge < -0.3 is 14.6 Å². The Morgan fingerprint density at radius 3 is 2.53 bits per heavy atom. The summed E-state index contributed by atoms with van der Waals surface area (Å²) in [5.41, 5.74) is 3.13. The van der Waals surface area contributed by atoms with E-state index in [0.717, 1.165) is 33.8 Å². The zero-order valence-electron chi connectivity index (χ0n) is 20.5. The fourth-order valence-electron chi connectivity index (χ4n) is 4.13. The molecule has 1 aliphatic rings. The summed E-state index contributed by atoms with van der Waals surface area (Å²) in [5.74, 6) is -0.363. The Morgan fingerprint density at radius 2 is 1.76 bits per heavy atom. The van der Waals surface area contributed by atoms with E-state index < -0.39 is 0 Å². The third-order valence-electron chi connectivity index (χ3n) is 6.03. The van der Waals surface area contributed by atoms with E-state index in [4.69, 9.17) is 4.74 Å². The van der Waals surface area contributed by atoms with Crippen LogP contribution >= 0.6 is 11.8 Å². The number of anilines is 1. The lowest BCUT2D eigenvalue weighted by molar-refractivity contribution is -0.123. The Kier molecular flexibility index (Phi) is 7.28. The molecule has 1 saturated heterocycles. The second-order valence-electron chi connectivity index (χ2n) is 8.78. The number of hydrogen-bond acceptors (Lipinski definition) is 5. The zero-order chi connectivity index (χ0) is 26.6. The molecule has 2 heterocycles. The minimum absolute atomic E-state index is 0.0174. The van der Waals surface area contributed by atoms with Crippen LogP contribution in [-0.4, -0.2) is 39.7 Å². The molecule has 0 saturated carbocycles. The van der Waals surface area contributed by atoms with Gasteiger partial charge in [-0.05, 0) is 67.2 Å². The number of rotatable bonds is 8. The number of aromatic nitrogens is 1. The Hall–Kier alpha value is -4.37. The van der Waals surface area contributed by atoms with E-state index in [1.165, 1.54) is 29.2 Å². The molecule has 0 bridgehead atoms.